The molecule has 2 aromatic rings. The van der Waals surface area contributed by atoms with Gasteiger partial charge in [0.2, 0.25) is 11.8 Å². The number of H-pyrrole nitrogens is 1. The first kappa shape index (κ1) is 30.0. The summed E-state index contributed by atoms with van der Waals surface area (Å²) in [6, 6.07) is 0.546. The number of likely N-dealkylation sites (N-methyl/N-ethyl adjacent to an activating group) is 1. The van der Waals surface area contributed by atoms with Crippen molar-refractivity contribution in [2.75, 3.05) is 20.1 Å². The fourth-order valence-electron chi connectivity index (χ4n) is 4.74. The maximum atomic E-state index is 13.6. The minimum atomic E-state index is -0.676. The fraction of sp³-hybridized carbons (Fsp3) is 0.667. The van der Waals surface area contributed by atoms with Gasteiger partial charge in [0.25, 0.3) is 5.91 Å². The lowest BCUT2D eigenvalue weighted by molar-refractivity contribution is -0.138. The number of aromatic amines is 1. The molecule has 0 fully saturated rings. The normalized spacial score (nSPS) is 19.7. The van der Waals surface area contributed by atoms with Crippen LogP contribution < -0.4 is 11.0 Å². The Morgan fingerprint density at radius 3 is 2.46 bits per heavy atom. The molecule has 39 heavy (non-hydrogen) atoms. The third-order valence-electron chi connectivity index (χ3n) is 6.83. The van der Waals surface area contributed by atoms with Crippen LogP contribution >= 0.6 is 0 Å². The number of hydrogen-bond acceptors (Lipinski definition) is 7. The average Bonchev–Trinajstić information content (AvgIpc) is 3.22. The van der Waals surface area contributed by atoms with Crippen LogP contribution in [-0.2, 0) is 22.6 Å². The minimum absolute atomic E-state index is 0.0764. The van der Waals surface area contributed by atoms with Gasteiger partial charge in [-0.1, -0.05) is 27.7 Å². The van der Waals surface area contributed by atoms with E-state index in [-0.39, 0.29) is 48.8 Å². The van der Waals surface area contributed by atoms with Crippen LogP contribution in [0.4, 0.5) is 0 Å². The molecule has 0 bridgehead atoms. The van der Waals surface area contributed by atoms with E-state index in [1.165, 1.54) is 4.90 Å². The first-order valence-electron chi connectivity index (χ1n) is 13.7. The van der Waals surface area contributed by atoms with Crippen LogP contribution in [-0.4, -0.2) is 78.4 Å². The van der Waals surface area contributed by atoms with Gasteiger partial charge >= 0.3 is 5.69 Å². The molecule has 2 N–H and O–H groups in total. The highest BCUT2D eigenvalue weighted by Gasteiger charge is 2.29. The van der Waals surface area contributed by atoms with Gasteiger partial charge in [0.05, 0.1) is 12.6 Å². The zero-order valence-electron chi connectivity index (χ0n) is 24.2. The van der Waals surface area contributed by atoms with Crippen LogP contribution in [0.1, 0.15) is 87.8 Å². The maximum Gasteiger partial charge on any atom is 0.345 e. The van der Waals surface area contributed by atoms with Crippen LogP contribution in [0.25, 0.3) is 0 Å². The predicted molar refractivity (Wildman–Crippen MR) is 146 cm³/mol. The molecule has 0 saturated carbocycles. The van der Waals surface area contributed by atoms with Gasteiger partial charge in [-0.3, -0.25) is 14.4 Å². The smallest absolute Gasteiger partial charge is 0.344 e. The Morgan fingerprint density at radius 1 is 1.08 bits per heavy atom. The van der Waals surface area contributed by atoms with Gasteiger partial charge in [0.15, 0.2) is 0 Å². The number of rotatable bonds is 5. The standard InChI is InChI=1S/C27H42N8O4/c1-16(2)13-20-15-22(31-27(39)29-20)26(38)34-10-8-9-23(36)33(7)18(5)25(37)30-21(14-17(3)4)24-28-19(6)32-35(24)12-11-34/h15-18,21H,8-14H2,1-7H3,(H,30,37)(H,29,31,39)/t18-,21+/m0/s1. The molecule has 0 saturated heterocycles. The second-order valence-corrected chi connectivity index (χ2v) is 11.2. The second-order valence-electron chi connectivity index (χ2n) is 11.2. The van der Waals surface area contributed by atoms with E-state index in [1.807, 2.05) is 13.8 Å². The molecule has 0 aliphatic carbocycles. The number of aromatic nitrogens is 5. The highest BCUT2D eigenvalue weighted by Crippen LogP contribution is 2.21. The summed E-state index contributed by atoms with van der Waals surface area (Å²) in [4.78, 5) is 66.2. The molecule has 0 spiro atoms. The summed E-state index contributed by atoms with van der Waals surface area (Å²) in [6.07, 6.45) is 1.81. The molecule has 1 aliphatic heterocycles. The van der Waals surface area contributed by atoms with Crippen LogP contribution in [0.3, 0.4) is 0 Å². The molecule has 0 aromatic carbocycles. The van der Waals surface area contributed by atoms with E-state index < -0.39 is 17.8 Å². The van der Waals surface area contributed by atoms with Gasteiger partial charge in [-0.15, -0.1) is 0 Å². The molecule has 3 amide bonds. The summed E-state index contributed by atoms with van der Waals surface area (Å²) >= 11 is 0. The number of carbonyl (C=O) groups excluding carboxylic acids is 3. The fourth-order valence-corrected chi connectivity index (χ4v) is 4.74. The lowest BCUT2D eigenvalue weighted by Crippen LogP contribution is -2.47. The summed E-state index contributed by atoms with van der Waals surface area (Å²) in [6.45, 7) is 12.6. The highest BCUT2D eigenvalue weighted by atomic mass is 16.2. The quantitative estimate of drug-likeness (QED) is 0.586. The summed E-state index contributed by atoms with van der Waals surface area (Å²) in [5, 5.41) is 7.63. The lowest BCUT2D eigenvalue weighted by Gasteiger charge is -2.29. The first-order chi connectivity index (χ1) is 18.3. The molecule has 2 aromatic heterocycles. The van der Waals surface area contributed by atoms with Crippen LogP contribution in [0.5, 0.6) is 0 Å². The Labute approximate surface area is 229 Å². The van der Waals surface area contributed by atoms with Crippen molar-refractivity contribution in [1.82, 2.24) is 39.8 Å². The summed E-state index contributed by atoms with van der Waals surface area (Å²) in [7, 11) is 1.61. The van der Waals surface area contributed by atoms with E-state index in [0.717, 1.165) is 0 Å². The summed E-state index contributed by atoms with van der Waals surface area (Å²) < 4.78 is 1.74. The summed E-state index contributed by atoms with van der Waals surface area (Å²) in [5.41, 5.74) is 0.168. The van der Waals surface area contributed by atoms with E-state index in [2.05, 4.69) is 39.2 Å². The number of aryl methyl sites for hydroxylation is 1. The molecule has 12 heteroatoms. The third kappa shape index (κ3) is 7.96. The van der Waals surface area contributed by atoms with Crippen molar-refractivity contribution in [3.8, 4) is 0 Å². The molecule has 3 rings (SSSR count). The Morgan fingerprint density at radius 2 is 1.79 bits per heavy atom. The van der Waals surface area contributed by atoms with Crippen molar-refractivity contribution >= 4 is 17.7 Å². The average molecular weight is 543 g/mol. The van der Waals surface area contributed by atoms with E-state index in [0.29, 0.717) is 49.1 Å². The topological polar surface area (TPSA) is 146 Å². The van der Waals surface area contributed by atoms with Gasteiger partial charge in [0.1, 0.15) is 23.4 Å². The molecular formula is C27H42N8O4. The van der Waals surface area contributed by atoms with Crippen molar-refractivity contribution < 1.29 is 14.4 Å². The number of fused-ring (bicyclic) bond motifs is 1. The maximum absolute atomic E-state index is 13.6. The number of carbonyl (C=O) groups is 3. The van der Waals surface area contributed by atoms with Gasteiger partial charge in [0, 0.05) is 32.3 Å². The predicted octanol–water partition coefficient (Wildman–Crippen LogP) is 1.85. The number of nitrogens with zero attached hydrogens (tertiary/aromatic N) is 6. The highest BCUT2D eigenvalue weighted by molar-refractivity contribution is 5.92. The minimum Gasteiger partial charge on any atom is -0.344 e. The Bertz CT molecular complexity index is 1230. The molecule has 214 valence electrons. The molecule has 3 heterocycles. The van der Waals surface area contributed by atoms with Crippen molar-refractivity contribution in [3.63, 3.8) is 0 Å². The monoisotopic (exact) mass is 542 g/mol. The molecule has 1 aliphatic rings. The zero-order valence-corrected chi connectivity index (χ0v) is 24.2. The second kappa shape index (κ2) is 13.0. The van der Waals surface area contributed by atoms with Crippen LogP contribution in [0, 0.1) is 18.8 Å². The number of hydrogen-bond donors (Lipinski definition) is 2. The Hall–Kier alpha value is -3.57. The van der Waals surface area contributed by atoms with E-state index in [4.69, 9.17) is 0 Å². The van der Waals surface area contributed by atoms with Gasteiger partial charge < -0.3 is 20.1 Å². The molecule has 0 radical (unpaired) electrons. The van der Waals surface area contributed by atoms with Gasteiger partial charge in [-0.05, 0) is 51.0 Å². The first-order valence-corrected chi connectivity index (χ1v) is 13.7. The van der Waals surface area contributed by atoms with E-state index >= 15 is 0 Å². The van der Waals surface area contributed by atoms with Gasteiger partial charge in [-0.25, -0.2) is 14.5 Å². The molecule has 12 nitrogen and oxygen atoms in total. The molecule has 0 unspecified atom stereocenters. The molecule has 2 atom stereocenters. The Kier molecular flexibility index (Phi) is 9.98. The van der Waals surface area contributed by atoms with E-state index in [9.17, 15) is 19.2 Å². The SMILES string of the molecule is Cc1nc2n(n1)CCN(C(=O)c1cc(CC(C)C)[nH]c(=O)n1)CCCC(=O)N(C)[C@@H](C)C(=O)N[C@@H]2CC(C)C. The third-order valence-corrected chi connectivity index (χ3v) is 6.83. The van der Waals surface area contributed by atoms with Crippen molar-refractivity contribution in [2.45, 2.75) is 85.9 Å². The largest absolute Gasteiger partial charge is 0.345 e. The van der Waals surface area contributed by atoms with E-state index in [1.54, 1.807) is 36.5 Å². The number of nitrogens with one attached hydrogen (secondary N) is 2. The van der Waals surface area contributed by atoms with Crippen LogP contribution in [0.2, 0.25) is 0 Å². The zero-order chi connectivity index (χ0) is 28.9. The van der Waals surface area contributed by atoms with Crippen LogP contribution in [0.15, 0.2) is 10.9 Å². The summed E-state index contributed by atoms with van der Waals surface area (Å²) in [5.74, 6) is 0.899. The number of amides is 3. The lowest BCUT2D eigenvalue weighted by atomic mass is 10.0. The van der Waals surface area contributed by atoms with Crippen molar-refractivity contribution in [1.29, 1.82) is 0 Å². The van der Waals surface area contributed by atoms with Crippen molar-refractivity contribution in [2.24, 2.45) is 11.8 Å². The van der Waals surface area contributed by atoms with Crippen molar-refractivity contribution in [3.05, 3.63) is 39.6 Å². The molecular weight excluding hydrogens is 500 g/mol. The Balaban J connectivity index is 1.98. The van der Waals surface area contributed by atoms with Gasteiger partial charge in [-0.2, -0.15) is 10.1 Å².